The molecule has 194 valence electrons. The molecule has 3 atom stereocenters. The monoisotopic (exact) mass is 522 g/mol. The van der Waals surface area contributed by atoms with Gasteiger partial charge in [-0.1, -0.05) is 30.3 Å². The summed E-state index contributed by atoms with van der Waals surface area (Å²) < 4.78 is 42.0. The van der Waals surface area contributed by atoms with Gasteiger partial charge in [-0.25, -0.2) is 17.5 Å². The molecule has 7 nitrogen and oxygen atoms in total. The van der Waals surface area contributed by atoms with E-state index < -0.39 is 10.0 Å². The van der Waals surface area contributed by atoms with Crippen molar-refractivity contribution in [1.82, 2.24) is 19.9 Å². The Morgan fingerprint density at radius 1 is 1.08 bits per heavy atom. The number of hydrogen-bond acceptors (Lipinski definition) is 5. The highest BCUT2D eigenvalue weighted by molar-refractivity contribution is 7.89. The van der Waals surface area contributed by atoms with E-state index in [4.69, 9.17) is 0 Å². The van der Waals surface area contributed by atoms with Gasteiger partial charge < -0.3 is 5.32 Å². The molecule has 1 aliphatic heterocycles. The van der Waals surface area contributed by atoms with Crippen LogP contribution >= 0.6 is 0 Å². The quantitative estimate of drug-likeness (QED) is 0.475. The van der Waals surface area contributed by atoms with E-state index >= 15 is 0 Å². The fourth-order valence-corrected chi connectivity index (χ4v) is 6.78. The van der Waals surface area contributed by atoms with E-state index in [-0.39, 0.29) is 41.2 Å². The van der Waals surface area contributed by atoms with Gasteiger partial charge in [-0.15, -0.1) is 0 Å². The molecule has 1 aromatic heterocycles. The number of aromatic nitrogens is 1. The summed E-state index contributed by atoms with van der Waals surface area (Å²) in [6.07, 6.45) is 6.34. The van der Waals surface area contributed by atoms with E-state index in [0.29, 0.717) is 32.4 Å². The lowest BCUT2D eigenvalue weighted by Gasteiger charge is -2.35. The number of hydrogen-bond donors (Lipinski definition) is 2. The van der Waals surface area contributed by atoms with E-state index in [1.807, 2.05) is 29.3 Å². The molecule has 9 heteroatoms. The average Bonchev–Trinajstić information content (AvgIpc) is 3.32. The van der Waals surface area contributed by atoms with Gasteiger partial charge in [0.05, 0.1) is 11.4 Å². The van der Waals surface area contributed by atoms with Crippen molar-refractivity contribution in [3.63, 3.8) is 0 Å². The van der Waals surface area contributed by atoms with Crippen molar-refractivity contribution >= 4 is 15.9 Å². The highest BCUT2D eigenvalue weighted by Gasteiger charge is 2.33. The Bertz CT molecular complexity index is 1340. The number of fused-ring (bicyclic) bond motifs is 1. The number of nitrogens with one attached hydrogen (secondary N) is 2. The summed E-state index contributed by atoms with van der Waals surface area (Å²) in [6.45, 7) is 1.32. The Morgan fingerprint density at radius 3 is 2.70 bits per heavy atom. The van der Waals surface area contributed by atoms with Crippen molar-refractivity contribution in [3.05, 3.63) is 95.6 Å². The van der Waals surface area contributed by atoms with Crippen molar-refractivity contribution in [3.8, 4) is 0 Å². The van der Waals surface area contributed by atoms with Crippen LogP contribution in [-0.2, 0) is 27.7 Å². The molecule has 2 heterocycles. The number of benzene rings is 2. The normalized spacial score (nSPS) is 21.9. The molecule has 0 spiro atoms. The summed E-state index contributed by atoms with van der Waals surface area (Å²) in [5, 5.41) is 3.23. The van der Waals surface area contributed by atoms with Crippen LogP contribution in [0.3, 0.4) is 0 Å². The molecule has 0 bridgehead atoms. The van der Waals surface area contributed by atoms with Gasteiger partial charge in [0.2, 0.25) is 15.9 Å². The molecule has 37 heavy (non-hydrogen) atoms. The fourth-order valence-electron chi connectivity index (χ4n) is 5.49. The number of likely N-dealkylation sites (tertiary alicyclic amines) is 1. The number of halogens is 1. The summed E-state index contributed by atoms with van der Waals surface area (Å²) in [7, 11) is -3.60. The maximum atomic E-state index is 13.9. The van der Waals surface area contributed by atoms with Crippen LogP contribution in [0, 0.1) is 5.82 Å². The third-order valence-corrected chi connectivity index (χ3v) is 8.79. The van der Waals surface area contributed by atoms with Crippen molar-refractivity contribution in [2.45, 2.75) is 48.6 Å². The van der Waals surface area contributed by atoms with E-state index in [1.165, 1.54) is 6.07 Å². The number of rotatable bonds is 8. The van der Waals surface area contributed by atoms with Crippen molar-refractivity contribution < 1.29 is 17.6 Å². The van der Waals surface area contributed by atoms with Crippen LogP contribution in [-0.4, -0.2) is 55.9 Å². The van der Waals surface area contributed by atoms with Crippen LogP contribution in [0.15, 0.2) is 78.0 Å². The summed E-state index contributed by atoms with van der Waals surface area (Å²) >= 11 is 0. The summed E-state index contributed by atoms with van der Waals surface area (Å²) in [5.41, 5.74) is 3.13. The molecule has 1 fully saturated rings. The molecule has 1 unspecified atom stereocenters. The Hall–Kier alpha value is -3.14. The lowest BCUT2D eigenvalue weighted by Crippen LogP contribution is -2.46. The summed E-state index contributed by atoms with van der Waals surface area (Å²) in [4.78, 5) is 19.5. The maximum absolute atomic E-state index is 13.9. The lowest BCUT2D eigenvalue weighted by molar-refractivity contribution is -0.123. The average molecular weight is 523 g/mol. The smallest absolute Gasteiger partial charge is 0.240 e. The predicted octanol–water partition coefficient (Wildman–Crippen LogP) is 3.03. The Kier molecular flexibility index (Phi) is 7.64. The minimum Gasteiger partial charge on any atom is -0.352 e. The number of pyridine rings is 1. The second-order valence-electron chi connectivity index (χ2n) is 9.88. The SMILES string of the molecule is O=C(CN1CCC(NS(=O)(=O)c2ccccc2)C1)N[C@@H]1CCc2cc(F)ccc2[C@@H]1Cc1cccnc1. The largest absolute Gasteiger partial charge is 0.352 e. The third-order valence-electron chi connectivity index (χ3n) is 7.25. The number of amides is 1. The number of carbonyl (C=O) groups is 1. The molecule has 5 rings (SSSR count). The van der Waals surface area contributed by atoms with Gasteiger partial charge in [0.15, 0.2) is 0 Å². The molecule has 2 aromatic carbocycles. The topological polar surface area (TPSA) is 91.4 Å². The first-order valence-electron chi connectivity index (χ1n) is 12.6. The van der Waals surface area contributed by atoms with Gasteiger partial charge >= 0.3 is 0 Å². The standard InChI is InChI=1S/C28H31FN4O3S/c29-22-9-10-25-21(16-22)8-11-27(26(25)15-20-5-4-13-30-17-20)31-28(34)19-33-14-12-23(18-33)32-37(35,36)24-6-2-1-3-7-24/h1-7,9-10,13,16-17,23,26-27,32H,8,11-12,14-15,18-19H2,(H,31,34)/t23?,26-,27+/m0/s1. The number of carbonyl (C=O) groups excluding carboxylic acids is 1. The zero-order chi connectivity index (χ0) is 25.8. The second kappa shape index (κ2) is 11.1. The highest BCUT2D eigenvalue weighted by Crippen LogP contribution is 2.35. The minimum absolute atomic E-state index is 0.0153. The first kappa shape index (κ1) is 25.5. The number of aryl methyl sites for hydroxylation is 1. The molecule has 1 aliphatic carbocycles. The van der Waals surface area contributed by atoms with Gasteiger partial charge in [-0.05, 0) is 72.7 Å². The van der Waals surface area contributed by atoms with E-state index in [2.05, 4.69) is 15.0 Å². The highest BCUT2D eigenvalue weighted by atomic mass is 32.2. The van der Waals surface area contributed by atoms with Crippen molar-refractivity contribution in [2.24, 2.45) is 0 Å². The lowest BCUT2D eigenvalue weighted by atomic mass is 9.76. The Morgan fingerprint density at radius 2 is 1.92 bits per heavy atom. The van der Waals surface area contributed by atoms with Crippen LogP contribution in [0.1, 0.15) is 35.4 Å². The molecule has 2 N–H and O–H groups in total. The van der Waals surface area contributed by atoms with Crippen LogP contribution in [0.2, 0.25) is 0 Å². The molecule has 1 saturated heterocycles. The predicted molar refractivity (Wildman–Crippen MR) is 139 cm³/mol. The van der Waals surface area contributed by atoms with Crippen LogP contribution in [0.25, 0.3) is 0 Å². The molecule has 1 amide bonds. The Labute approximate surface area is 217 Å². The summed E-state index contributed by atoms with van der Waals surface area (Å²) in [5.74, 6) is -0.312. The number of sulfonamides is 1. The first-order valence-corrected chi connectivity index (χ1v) is 14.1. The second-order valence-corrected chi connectivity index (χ2v) is 11.6. The zero-order valence-corrected chi connectivity index (χ0v) is 21.3. The van der Waals surface area contributed by atoms with E-state index in [0.717, 1.165) is 23.1 Å². The molecule has 2 aliphatic rings. The molecular weight excluding hydrogens is 491 g/mol. The first-order chi connectivity index (χ1) is 17.9. The molecule has 3 aromatic rings. The number of nitrogens with zero attached hydrogens (tertiary/aromatic N) is 2. The van der Waals surface area contributed by atoms with Gasteiger partial charge in [-0.3, -0.25) is 14.7 Å². The molecular formula is C28H31FN4O3S. The maximum Gasteiger partial charge on any atom is 0.240 e. The van der Waals surface area contributed by atoms with Gasteiger partial charge in [0, 0.05) is 43.5 Å². The van der Waals surface area contributed by atoms with Crippen LogP contribution in [0.4, 0.5) is 4.39 Å². The fraction of sp³-hybridized carbons (Fsp3) is 0.357. The molecule has 0 saturated carbocycles. The van der Waals surface area contributed by atoms with Gasteiger partial charge in [0.25, 0.3) is 0 Å². The zero-order valence-electron chi connectivity index (χ0n) is 20.5. The van der Waals surface area contributed by atoms with E-state index in [9.17, 15) is 17.6 Å². The van der Waals surface area contributed by atoms with E-state index in [1.54, 1.807) is 42.6 Å². The van der Waals surface area contributed by atoms with Crippen LogP contribution < -0.4 is 10.0 Å². The van der Waals surface area contributed by atoms with Gasteiger partial charge in [0.1, 0.15) is 5.82 Å². The van der Waals surface area contributed by atoms with Gasteiger partial charge in [-0.2, -0.15) is 0 Å². The van der Waals surface area contributed by atoms with Crippen molar-refractivity contribution in [1.29, 1.82) is 0 Å². The van der Waals surface area contributed by atoms with Crippen LogP contribution in [0.5, 0.6) is 0 Å². The summed E-state index contributed by atoms with van der Waals surface area (Å²) in [6, 6.07) is 16.8. The third kappa shape index (κ3) is 6.23. The van der Waals surface area contributed by atoms with Crippen molar-refractivity contribution in [2.75, 3.05) is 19.6 Å². The Balaban J connectivity index is 1.21. The minimum atomic E-state index is -3.60. The molecule has 0 radical (unpaired) electrons.